The lowest BCUT2D eigenvalue weighted by molar-refractivity contribution is 0.00436. The highest BCUT2D eigenvalue weighted by Crippen LogP contribution is 2.25. The summed E-state index contributed by atoms with van der Waals surface area (Å²) in [6, 6.07) is 9.56. The van der Waals surface area contributed by atoms with Crippen molar-refractivity contribution in [3.63, 3.8) is 0 Å². The number of likely N-dealkylation sites (tertiary alicyclic amines) is 1. The molecular weight excluding hydrogens is 316 g/mol. The van der Waals surface area contributed by atoms with Crippen LogP contribution in [-0.2, 0) is 22.3 Å². The molecule has 3 aliphatic rings. The highest BCUT2D eigenvalue weighted by molar-refractivity contribution is 5.33. The van der Waals surface area contributed by atoms with E-state index in [4.69, 9.17) is 9.47 Å². The van der Waals surface area contributed by atoms with Crippen LogP contribution in [0.2, 0.25) is 0 Å². The number of benzene rings is 1. The molecule has 0 unspecified atom stereocenters. The van der Waals surface area contributed by atoms with E-state index in [0.29, 0.717) is 18.7 Å². The number of fused-ring (bicyclic) bond motifs is 1. The van der Waals surface area contributed by atoms with Crippen molar-refractivity contribution in [2.45, 2.75) is 56.0 Å². The molecule has 0 bridgehead atoms. The maximum Gasteiger partial charge on any atom is 0.0989 e. The first-order valence-corrected chi connectivity index (χ1v) is 9.60. The number of rotatable bonds is 6. The van der Waals surface area contributed by atoms with E-state index in [2.05, 4.69) is 34.5 Å². The third kappa shape index (κ3) is 3.76. The van der Waals surface area contributed by atoms with Gasteiger partial charge in [0.2, 0.25) is 0 Å². The minimum Gasteiger partial charge on any atom is -0.389 e. The monoisotopic (exact) mass is 346 g/mol. The molecule has 0 amide bonds. The normalized spacial score (nSPS) is 33.2. The quantitative estimate of drug-likeness (QED) is 0.804. The number of hydrogen-bond acceptors (Lipinski definition) is 5. The first-order chi connectivity index (χ1) is 12.2. The molecule has 4 rings (SSSR count). The molecule has 0 saturated carbocycles. The maximum atomic E-state index is 10.8. The van der Waals surface area contributed by atoms with E-state index in [1.165, 1.54) is 24.0 Å². The molecule has 138 valence electrons. The summed E-state index contributed by atoms with van der Waals surface area (Å²) in [5, 5.41) is 14.4. The standard InChI is InChI=1S/C20H30N2O3/c1-24-12-17-7-4-8-22(17)11-19-20(23)18(13-25-19)21-16-9-14-5-2-3-6-15(14)10-16/h2-3,5-6,16-21,23H,4,7-13H2,1H3/t17-,18+,19+,20-/m1/s1. The number of aliphatic hydroxyl groups is 1. The number of methoxy groups -OCH3 is 1. The van der Waals surface area contributed by atoms with Gasteiger partial charge in [-0.2, -0.15) is 0 Å². The van der Waals surface area contributed by atoms with Gasteiger partial charge in [0, 0.05) is 25.7 Å². The van der Waals surface area contributed by atoms with Crippen molar-refractivity contribution in [2.75, 3.05) is 33.4 Å². The van der Waals surface area contributed by atoms with Crippen molar-refractivity contribution in [3.8, 4) is 0 Å². The van der Waals surface area contributed by atoms with Crippen LogP contribution in [-0.4, -0.2) is 73.8 Å². The molecule has 0 radical (unpaired) electrons. The molecule has 5 nitrogen and oxygen atoms in total. The first-order valence-electron chi connectivity index (χ1n) is 9.60. The van der Waals surface area contributed by atoms with Gasteiger partial charge in [-0.3, -0.25) is 4.90 Å². The number of aliphatic hydroxyl groups excluding tert-OH is 1. The Morgan fingerprint density at radius 2 is 2.04 bits per heavy atom. The molecule has 5 heteroatoms. The Bertz CT molecular complexity index is 557. The zero-order valence-corrected chi connectivity index (χ0v) is 15.1. The largest absolute Gasteiger partial charge is 0.389 e. The van der Waals surface area contributed by atoms with Gasteiger partial charge in [0.05, 0.1) is 31.5 Å². The van der Waals surface area contributed by atoms with Crippen LogP contribution in [0.3, 0.4) is 0 Å². The molecule has 1 aromatic carbocycles. The van der Waals surface area contributed by atoms with Crippen molar-refractivity contribution in [1.29, 1.82) is 0 Å². The highest BCUT2D eigenvalue weighted by atomic mass is 16.5. The van der Waals surface area contributed by atoms with Crippen molar-refractivity contribution in [1.82, 2.24) is 10.2 Å². The molecule has 2 fully saturated rings. The molecule has 2 N–H and O–H groups in total. The van der Waals surface area contributed by atoms with Crippen molar-refractivity contribution in [3.05, 3.63) is 35.4 Å². The Hall–Kier alpha value is -0.980. The van der Waals surface area contributed by atoms with E-state index in [9.17, 15) is 5.11 Å². The van der Waals surface area contributed by atoms with E-state index >= 15 is 0 Å². The summed E-state index contributed by atoms with van der Waals surface area (Å²) >= 11 is 0. The summed E-state index contributed by atoms with van der Waals surface area (Å²) in [6.07, 6.45) is 3.95. The Kier molecular flexibility index (Phi) is 5.39. The molecule has 2 saturated heterocycles. The third-order valence-corrected chi connectivity index (χ3v) is 6.06. The van der Waals surface area contributed by atoms with Crippen LogP contribution < -0.4 is 5.32 Å². The van der Waals surface area contributed by atoms with Crippen LogP contribution in [0, 0.1) is 0 Å². The zero-order valence-electron chi connectivity index (χ0n) is 15.1. The van der Waals surface area contributed by atoms with Crippen molar-refractivity contribution >= 4 is 0 Å². The van der Waals surface area contributed by atoms with E-state index in [1.54, 1.807) is 7.11 Å². The van der Waals surface area contributed by atoms with E-state index in [0.717, 1.165) is 32.5 Å². The minimum absolute atomic E-state index is 0.0350. The third-order valence-electron chi connectivity index (χ3n) is 6.06. The van der Waals surface area contributed by atoms with Gasteiger partial charge in [0.15, 0.2) is 0 Å². The summed E-state index contributed by atoms with van der Waals surface area (Å²) in [4.78, 5) is 2.42. The predicted octanol–water partition coefficient (Wildman–Crippen LogP) is 0.983. The molecule has 4 atom stereocenters. The van der Waals surface area contributed by atoms with Gasteiger partial charge in [-0.05, 0) is 43.4 Å². The fourth-order valence-electron chi connectivity index (χ4n) is 4.72. The highest BCUT2D eigenvalue weighted by Gasteiger charge is 2.40. The number of ether oxygens (including phenoxy) is 2. The van der Waals surface area contributed by atoms with Gasteiger partial charge in [-0.25, -0.2) is 0 Å². The average molecular weight is 346 g/mol. The van der Waals surface area contributed by atoms with Crippen molar-refractivity contribution < 1.29 is 14.6 Å². The molecular formula is C20H30N2O3. The second-order valence-corrected chi connectivity index (χ2v) is 7.76. The average Bonchev–Trinajstić information content (AvgIpc) is 3.30. The Labute approximate surface area is 150 Å². The van der Waals surface area contributed by atoms with Crippen LogP contribution in [0.1, 0.15) is 24.0 Å². The molecule has 0 spiro atoms. The fraction of sp³-hybridized carbons (Fsp3) is 0.700. The summed E-state index contributed by atoms with van der Waals surface area (Å²) in [7, 11) is 1.76. The topological polar surface area (TPSA) is 54.0 Å². The Balaban J connectivity index is 1.29. The van der Waals surface area contributed by atoms with Crippen molar-refractivity contribution in [2.24, 2.45) is 0 Å². The van der Waals surface area contributed by atoms with Gasteiger partial charge < -0.3 is 19.9 Å². The number of nitrogens with one attached hydrogen (secondary N) is 1. The van der Waals surface area contributed by atoms with Gasteiger partial charge in [-0.15, -0.1) is 0 Å². The molecule has 25 heavy (non-hydrogen) atoms. The molecule has 2 aliphatic heterocycles. The van der Waals surface area contributed by atoms with E-state index in [1.807, 2.05) is 0 Å². The molecule has 2 heterocycles. The summed E-state index contributed by atoms with van der Waals surface area (Å²) in [5.41, 5.74) is 2.87. The lowest BCUT2D eigenvalue weighted by atomic mass is 10.1. The van der Waals surface area contributed by atoms with Gasteiger partial charge in [-0.1, -0.05) is 24.3 Å². The number of hydrogen-bond donors (Lipinski definition) is 2. The lowest BCUT2D eigenvalue weighted by Crippen LogP contribution is -2.49. The minimum atomic E-state index is -0.437. The molecule has 0 aromatic heterocycles. The fourth-order valence-corrected chi connectivity index (χ4v) is 4.72. The van der Waals surface area contributed by atoms with Crippen LogP contribution in [0.5, 0.6) is 0 Å². The molecule has 1 aromatic rings. The van der Waals surface area contributed by atoms with Gasteiger partial charge in [0.1, 0.15) is 0 Å². The van der Waals surface area contributed by atoms with Crippen LogP contribution in [0.15, 0.2) is 24.3 Å². The summed E-state index contributed by atoms with van der Waals surface area (Å²) in [6.45, 7) is 3.25. The van der Waals surface area contributed by atoms with Crippen LogP contribution in [0.4, 0.5) is 0 Å². The Morgan fingerprint density at radius 1 is 1.28 bits per heavy atom. The van der Waals surface area contributed by atoms with Gasteiger partial charge in [0.25, 0.3) is 0 Å². The maximum absolute atomic E-state index is 10.8. The molecule has 1 aliphatic carbocycles. The first kappa shape index (κ1) is 17.4. The van der Waals surface area contributed by atoms with Gasteiger partial charge >= 0.3 is 0 Å². The lowest BCUT2D eigenvalue weighted by Gasteiger charge is -2.28. The zero-order chi connectivity index (χ0) is 17.2. The smallest absolute Gasteiger partial charge is 0.0989 e. The van der Waals surface area contributed by atoms with E-state index in [-0.39, 0.29) is 12.1 Å². The second kappa shape index (κ2) is 7.72. The second-order valence-electron chi connectivity index (χ2n) is 7.76. The van der Waals surface area contributed by atoms with Crippen LogP contribution >= 0.6 is 0 Å². The van der Waals surface area contributed by atoms with E-state index < -0.39 is 6.10 Å². The Morgan fingerprint density at radius 3 is 2.76 bits per heavy atom. The van der Waals surface area contributed by atoms with Crippen LogP contribution in [0.25, 0.3) is 0 Å². The number of nitrogens with zero attached hydrogens (tertiary/aromatic N) is 1. The summed E-state index contributed by atoms with van der Waals surface area (Å²) < 4.78 is 11.3. The SMILES string of the molecule is COC[C@H]1CCCN1C[C@@H]1OC[C@H](NC2Cc3ccccc3C2)[C@H]1O. The predicted molar refractivity (Wildman–Crippen MR) is 96.8 cm³/mol. The summed E-state index contributed by atoms with van der Waals surface area (Å²) in [5.74, 6) is 0.